The predicted molar refractivity (Wildman–Crippen MR) is 77.5 cm³/mol. The third kappa shape index (κ3) is 2.37. The van der Waals surface area contributed by atoms with E-state index < -0.39 is 0 Å². The van der Waals surface area contributed by atoms with Gasteiger partial charge in [-0.3, -0.25) is 0 Å². The van der Waals surface area contributed by atoms with Crippen LogP contribution in [0.3, 0.4) is 0 Å². The van der Waals surface area contributed by atoms with Gasteiger partial charge in [-0.1, -0.05) is 19.1 Å². The Hall–Kier alpha value is -1.06. The van der Waals surface area contributed by atoms with Crippen LogP contribution in [0.2, 0.25) is 0 Å². The van der Waals surface area contributed by atoms with E-state index in [1.54, 1.807) is 0 Å². The van der Waals surface area contributed by atoms with Gasteiger partial charge in [-0.25, -0.2) is 0 Å². The number of rotatable bonds is 1. The van der Waals surface area contributed by atoms with Crippen LogP contribution < -0.4 is 10.5 Å². The molecule has 2 aliphatic rings. The molecule has 3 rings (SSSR count). The van der Waals surface area contributed by atoms with E-state index in [4.69, 9.17) is 10.5 Å². The van der Waals surface area contributed by atoms with Crippen LogP contribution in [0.1, 0.15) is 43.4 Å². The molecule has 1 saturated heterocycles. The van der Waals surface area contributed by atoms with Crippen molar-refractivity contribution in [2.75, 3.05) is 20.1 Å². The van der Waals surface area contributed by atoms with Crippen molar-refractivity contribution in [3.63, 3.8) is 0 Å². The molecule has 0 saturated carbocycles. The molecule has 0 aliphatic carbocycles. The first-order valence-corrected chi connectivity index (χ1v) is 7.38. The van der Waals surface area contributed by atoms with Gasteiger partial charge in [0.05, 0.1) is 0 Å². The van der Waals surface area contributed by atoms with Crippen LogP contribution in [0, 0.1) is 0 Å². The van der Waals surface area contributed by atoms with Crippen molar-refractivity contribution < 1.29 is 4.74 Å². The number of aryl methyl sites for hydroxylation is 1. The van der Waals surface area contributed by atoms with E-state index in [0.29, 0.717) is 0 Å². The summed E-state index contributed by atoms with van der Waals surface area (Å²) in [6.07, 6.45) is 4.19. The minimum atomic E-state index is -0.0212. The molecule has 1 aromatic rings. The van der Waals surface area contributed by atoms with Crippen molar-refractivity contribution in [1.82, 2.24) is 4.90 Å². The van der Waals surface area contributed by atoms with Crippen molar-refractivity contribution in [1.29, 1.82) is 0 Å². The average Bonchev–Trinajstić information content (AvgIpc) is 2.42. The first-order valence-electron chi connectivity index (χ1n) is 7.38. The molecule has 19 heavy (non-hydrogen) atoms. The van der Waals surface area contributed by atoms with Gasteiger partial charge in [0.25, 0.3) is 0 Å². The summed E-state index contributed by atoms with van der Waals surface area (Å²) in [5.41, 5.74) is 8.94. The summed E-state index contributed by atoms with van der Waals surface area (Å²) >= 11 is 0. The van der Waals surface area contributed by atoms with Crippen LogP contribution in [0.15, 0.2) is 18.2 Å². The van der Waals surface area contributed by atoms with Crippen LogP contribution >= 0.6 is 0 Å². The Morgan fingerprint density at radius 2 is 2.11 bits per heavy atom. The highest BCUT2D eigenvalue weighted by atomic mass is 16.5. The molecule has 0 radical (unpaired) electrons. The molecular formula is C16H24N2O. The number of ether oxygens (including phenoxy) is 1. The molecule has 2 N–H and O–H groups in total. The summed E-state index contributed by atoms with van der Waals surface area (Å²) in [4.78, 5) is 2.37. The van der Waals surface area contributed by atoms with Crippen molar-refractivity contribution >= 4 is 0 Å². The molecule has 104 valence electrons. The number of likely N-dealkylation sites (tertiary alicyclic amines) is 1. The quantitative estimate of drug-likeness (QED) is 0.843. The molecule has 1 fully saturated rings. The van der Waals surface area contributed by atoms with Crippen molar-refractivity contribution in [3.8, 4) is 5.75 Å². The third-order valence-corrected chi connectivity index (χ3v) is 4.70. The zero-order valence-electron chi connectivity index (χ0n) is 12.0. The number of piperidine rings is 1. The lowest BCUT2D eigenvalue weighted by Crippen LogP contribution is -2.50. The van der Waals surface area contributed by atoms with Gasteiger partial charge in [0, 0.05) is 31.1 Å². The normalized spacial score (nSPS) is 25.9. The molecule has 0 amide bonds. The molecule has 0 aromatic heterocycles. The van der Waals surface area contributed by atoms with Crippen LogP contribution in [0.4, 0.5) is 0 Å². The van der Waals surface area contributed by atoms with Gasteiger partial charge in [0.2, 0.25) is 0 Å². The van der Waals surface area contributed by atoms with Crippen LogP contribution in [0.5, 0.6) is 5.75 Å². The highest BCUT2D eigenvalue weighted by Crippen LogP contribution is 2.43. The van der Waals surface area contributed by atoms with E-state index in [0.717, 1.165) is 44.5 Å². The third-order valence-electron chi connectivity index (χ3n) is 4.70. The lowest BCUT2D eigenvalue weighted by Gasteiger charge is -2.45. The number of hydrogen-bond donors (Lipinski definition) is 1. The van der Waals surface area contributed by atoms with E-state index in [2.05, 4.69) is 37.1 Å². The zero-order valence-corrected chi connectivity index (χ0v) is 12.0. The second-order valence-electron chi connectivity index (χ2n) is 6.12. The molecule has 3 heteroatoms. The summed E-state index contributed by atoms with van der Waals surface area (Å²) in [7, 11) is 2.18. The predicted octanol–water partition coefficient (Wildman–Crippen LogP) is 2.50. The second kappa shape index (κ2) is 4.80. The summed E-state index contributed by atoms with van der Waals surface area (Å²) in [6, 6.07) is 6.63. The number of hydrogen-bond acceptors (Lipinski definition) is 3. The fourth-order valence-corrected chi connectivity index (χ4v) is 3.32. The summed E-state index contributed by atoms with van der Waals surface area (Å²) in [6.45, 7) is 4.39. The van der Waals surface area contributed by atoms with Gasteiger partial charge in [-0.2, -0.15) is 0 Å². The maximum atomic E-state index is 6.42. The number of nitrogens with two attached hydrogens (primary N) is 1. The lowest BCUT2D eigenvalue weighted by atomic mass is 9.80. The molecule has 1 spiro atoms. The van der Waals surface area contributed by atoms with E-state index >= 15 is 0 Å². The lowest BCUT2D eigenvalue weighted by molar-refractivity contribution is -0.0164. The molecule has 1 aromatic carbocycles. The summed E-state index contributed by atoms with van der Waals surface area (Å²) in [5, 5.41) is 0. The topological polar surface area (TPSA) is 38.5 Å². The molecule has 3 nitrogen and oxygen atoms in total. The SMILES string of the molecule is CCc1ccc2c(c1)C(N)CC1(CCN(C)CC1)O2. The van der Waals surface area contributed by atoms with Crippen molar-refractivity contribution in [2.45, 2.75) is 44.2 Å². The fraction of sp³-hybridized carbons (Fsp3) is 0.625. The van der Waals surface area contributed by atoms with E-state index in [1.807, 2.05) is 0 Å². The van der Waals surface area contributed by atoms with Crippen LogP contribution in [-0.4, -0.2) is 30.6 Å². The molecule has 1 atom stereocenters. The standard InChI is InChI=1S/C16H24N2O/c1-3-12-4-5-15-13(10-12)14(17)11-16(19-15)6-8-18(2)9-7-16/h4-5,10,14H,3,6-9,11,17H2,1-2H3. The Morgan fingerprint density at radius 1 is 1.37 bits per heavy atom. The summed E-state index contributed by atoms with van der Waals surface area (Å²) < 4.78 is 6.37. The Bertz CT molecular complexity index is 464. The van der Waals surface area contributed by atoms with E-state index in [1.165, 1.54) is 11.1 Å². The van der Waals surface area contributed by atoms with E-state index in [-0.39, 0.29) is 11.6 Å². The van der Waals surface area contributed by atoms with Crippen LogP contribution in [0.25, 0.3) is 0 Å². The van der Waals surface area contributed by atoms with Crippen molar-refractivity contribution in [2.24, 2.45) is 5.73 Å². The van der Waals surface area contributed by atoms with Gasteiger partial charge < -0.3 is 15.4 Å². The molecule has 0 bridgehead atoms. The maximum Gasteiger partial charge on any atom is 0.124 e. The Morgan fingerprint density at radius 3 is 2.79 bits per heavy atom. The maximum absolute atomic E-state index is 6.42. The first kappa shape index (κ1) is 12.9. The van der Waals surface area contributed by atoms with Gasteiger partial charge in [0.1, 0.15) is 11.4 Å². The largest absolute Gasteiger partial charge is 0.487 e. The Labute approximate surface area is 115 Å². The monoisotopic (exact) mass is 260 g/mol. The van der Waals surface area contributed by atoms with Gasteiger partial charge in [0.15, 0.2) is 0 Å². The molecule has 2 heterocycles. The zero-order chi connectivity index (χ0) is 13.5. The smallest absolute Gasteiger partial charge is 0.124 e. The van der Waals surface area contributed by atoms with Crippen LogP contribution in [-0.2, 0) is 6.42 Å². The highest BCUT2D eigenvalue weighted by molar-refractivity contribution is 5.42. The van der Waals surface area contributed by atoms with E-state index in [9.17, 15) is 0 Å². The molecule has 1 unspecified atom stereocenters. The summed E-state index contributed by atoms with van der Waals surface area (Å²) in [5.74, 6) is 1.01. The number of fused-ring (bicyclic) bond motifs is 1. The van der Waals surface area contributed by atoms with Gasteiger partial charge in [-0.05, 0) is 37.9 Å². The number of nitrogens with zero attached hydrogens (tertiary/aromatic N) is 1. The highest BCUT2D eigenvalue weighted by Gasteiger charge is 2.41. The first-order chi connectivity index (χ1) is 9.12. The Balaban J connectivity index is 1.88. The molecule has 2 aliphatic heterocycles. The van der Waals surface area contributed by atoms with Gasteiger partial charge >= 0.3 is 0 Å². The van der Waals surface area contributed by atoms with Gasteiger partial charge in [-0.15, -0.1) is 0 Å². The fourth-order valence-electron chi connectivity index (χ4n) is 3.32. The average molecular weight is 260 g/mol. The minimum absolute atomic E-state index is 0.0212. The number of benzene rings is 1. The second-order valence-corrected chi connectivity index (χ2v) is 6.12. The molecular weight excluding hydrogens is 236 g/mol. The Kier molecular flexibility index (Phi) is 3.27. The van der Waals surface area contributed by atoms with Crippen molar-refractivity contribution in [3.05, 3.63) is 29.3 Å². The minimum Gasteiger partial charge on any atom is -0.487 e.